The van der Waals surface area contributed by atoms with Crippen LogP contribution in [0.3, 0.4) is 0 Å². The molecule has 2 atom stereocenters. The van der Waals surface area contributed by atoms with Crippen LogP contribution in [0.5, 0.6) is 11.5 Å². The number of amides is 1. The lowest BCUT2D eigenvalue weighted by atomic mass is 10.0. The number of rotatable bonds is 10. The molecule has 0 unspecified atom stereocenters. The second-order valence-corrected chi connectivity index (χ2v) is 9.55. The van der Waals surface area contributed by atoms with Gasteiger partial charge in [-0.15, -0.1) is 0 Å². The highest BCUT2D eigenvalue weighted by Crippen LogP contribution is 2.42. The van der Waals surface area contributed by atoms with Crippen LogP contribution in [-0.4, -0.2) is 46.6 Å². The number of thiocarbonyl (C=S) groups is 1. The molecule has 11 nitrogen and oxygen atoms in total. The van der Waals surface area contributed by atoms with Gasteiger partial charge in [0.1, 0.15) is 29.1 Å². The second kappa shape index (κ2) is 12.0. The number of anilines is 1. The van der Waals surface area contributed by atoms with Crippen LogP contribution in [-0.2, 0) is 4.79 Å². The second-order valence-electron chi connectivity index (χ2n) is 9.16. The highest BCUT2D eigenvalue weighted by atomic mass is 32.1. The van der Waals surface area contributed by atoms with Crippen molar-refractivity contribution in [2.75, 3.05) is 26.1 Å². The summed E-state index contributed by atoms with van der Waals surface area (Å²) < 4.78 is 17.1. The summed E-state index contributed by atoms with van der Waals surface area (Å²) in [6, 6.07) is 20.0. The number of hydrogen-bond donors (Lipinski definition) is 2. The Morgan fingerprint density at radius 3 is 2.61 bits per heavy atom. The number of pyridine rings is 1. The monoisotopic (exact) mass is 573 g/mol. The largest absolute Gasteiger partial charge is 0.496 e. The summed E-state index contributed by atoms with van der Waals surface area (Å²) >= 11 is 5.70. The maximum Gasteiger partial charge on any atom is 0.273 e. The molecule has 41 heavy (non-hydrogen) atoms. The third-order valence-electron chi connectivity index (χ3n) is 6.74. The maximum atomic E-state index is 12.9. The third-order valence-corrected chi connectivity index (χ3v) is 7.09. The molecule has 2 aromatic carbocycles. The van der Waals surface area contributed by atoms with Gasteiger partial charge >= 0.3 is 0 Å². The molecule has 5 rings (SSSR count). The first-order valence-corrected chi connectivity index (χ1v) is 13.1. The number of aromatic nitrogens is 1. The lowest BCUT2D eigenvalue weighted by Crippen LogP contribution is -2.32. The number of carbonyl (C=O) groups is 1. The predicted molar refractivity (Wildman–Crippen MR) is 156 cm³/mol. The minimum absolute atomic E-state index is 0.0875. The average molecular weight is 574 g/mol. The summed E-state index contributed by atoms with van der Waals surface area (Å²) in [5, 5.41) is 17.9. The predicted octanol–water partition coefficient (Wildman–Crippen LogP) is 5.27. The van der Waals surface area contributed by atoms with Crippen LogP contribution in [0.4, 0.5) is 11.4 Å². The lowest BCUT2D eigenvalue weighted by Gasteiger charge is -2.26. The topological polar surface area (TPSA) is 132 Å². The molecule has 1 amide bonds. The van der Waals surface area contributed by atoms with Crippen molar-refractivity contribution < 1.29 is 23.6 Å². The number of ether oxygens (including phenoxy) is 2. The first-order valence-electron chi connectivity index (χ1n) is 12.7. The van der Waals surface area contributed by atoms with Gasteiger partial charge in [0.25, 0.3) is 5.69 Å². The van der Waals surface area contributed by atoms with Crippen LogP contribution >= 0.6 is 12.2 Å². The number of carbonyl (C=O) groups excluding carboxylic acids is 1. The van der Waals surface area contributed by atoms with E-state index in [0.29, 0.717) is 45.9 Å². The molecule has 210 valence electrons. The number of methoxy groups -OCH3 is 2. The summed E-state index contributed by atoms with van der Waals surface area (Å²) in [6.45, 7) is 0.303. The zero-order chi connectivity index (χ0) is 28.9. The molecule has 1 fully saturated rings. The Labute approximate surface area is 241 Å². The Balaban J connectivity index is 1.43. The molecule has 4 aromatic rings. The van der Waals surface area contributed by atoms with E-state index in [0.717, 1.165) is 5.69 Å². The van der Waals surface area contributed by atoms with Gasteiger partial charge in [-0.2, -0.15) is 0 Å². The molecule has 1 saturated heterocycles. The van der Waals surface area contributed by atoms with Crippen molar-refractivity contribution in [3.8, 4) is 22.8 Å². The fraction of sp³-hybridized carbons (Fsp3) is 0.207. The minimum atomic E-state index is -0.482. The van der Waals surface area contributed by atoms with E-state index in [4.69, 9.17) is 26.1 Å². The molecule has 2 N–H and O–H groups in total. The number of nitrogens with one attached hydrogen (secondary N) is 2. The molecular formula is C29H27N5O6S. The van der Waals surface area contributed by atoms with E-state index in [1.54, 1.807) is 37.6 Å². The SMILES string of the molecule is COc1ccccc1NC(=O)CCN1C(=S)N[C@@H](c2ccccn2)[C@@H]1c1ccc(-c2ccc([N+](=O)[O-])cc2OC)o1. The van der Waals surface area contributed by atoms with Crippen LogP contribution in [0.2, 0.25) is 0 Å². The zero-order valence-electron chi connectivity index (χ0n) is 22.3. The number of hydrogen-bond acceptors (Lipinski definition) is 8. The third kappa shape index (κ3) is 5.82. The molecule has 2 aromatic heterocycles. The van der Waals surface area contributed by atoms with Gasteiger partial charge in [0.05, 0.1) is 48.2 Å². The van der Waals surface area contributed by atoms with Gasteiger partial charge in [-0.05, 0) is 54.7 Å². The molecule has 3 heterocycles. The van der Waals surface area contributed by atoms with Crippen molar-refractivity contribution in [2.45, 2.75) is 18.5 Å². The van der Waals surface area contributed by atoms with E-state index in [2.05, 4.69) is 15.6 Å². The summed E-state index contributed by atoms with van der Waals surface area (Å²) in [5.41, 5.74) is 1.81. The highest BCUT2D eigenvalue weighted by Gasteiger charge is 2.41. The number of benzene rings is 2. The van der Waals surface area contributed by atoms with E-state index in [1.807, 2.05) is 41.3 Å². The zero-order valence-corrected chi connectivity index (χ0v) is 23.1. The van der Waals surface area contributed by atoms with Gasteiger partial charge in [0, 0.05) is 25.2 Å². The van der Waals surface area contributed by atoms with Crippen LogP contribution in [0.1, 0.15) is 30.0 Å². The molecule has 1 aliphatic heterocycles. The molecule has 0 radical (unpaired) electrons. The number of para-hydroxylation sites is 2. The van der Waals surface area contributed by atoms with Crippen molar-refractivity contribution >= 4 is 34.6 Å². The standard InChI is InChI=1S/C29H27N5O6S/c1-38-23-9-4-3-7-20(23)31-26(35)14-16-33-28(27(32-29(33)41)21-8-5-6-15-30-21)24-13-12-22(40-24)19-11-10-18(34(36)37)17-25(19)39-2/h3-13,15,17,27-28H,14,16H2,1-2H3,(H,31,35)(H,32,41)/t27-,28-/m0/s1. The van der Waals surface area contributed by atoms with Crippen molar-refractivity contribution in [1.82, 2.24) is 15.2 Å². The summed E-state index contributed by atoms with van der Waals surface area (Å²) in [6.07, 6.45) is 1.85. The first kappa shape index (κ1) is 27.6. The first-order chi connectivity index (χ1) is 19.9. The van der Waals surface area contributed by atoms with E-state index >= 15 is 0 Å². The van der Waals surface area contributed by atoms with Crippen LogP contribution in [0.15, 0.2) is 83.4 Å². The Kier molecular flexibility index (Phi) is 8.11. The summed E-state index contributed by atoms with van der Waals surface area (Å²) in [7, 11) is 2.99. The van der Waals surface area contributed by atoms with E-state index in [1.165, 1.54) is 19.2 Å². The van der Waals surface area contributed by atoms with E-state index < -0.39 is 11.0 Å². The van der Waals surface area contributed by atoms with Crippen LogP contribution in [0.25, 0.3) is 11.3 Å². The number of nitro benzene ring substituents is 1. The van der Waals surface area contributed by atoms with Crippen molar-refractivity contribution in [1.29, 1.82) is 0 Å². The molecule has 12 heteroatoms. The fourth-order valence-corrected chi connectivity index (χ4v) is 5.12. The minimum Gasteiger partial charge on any atom is -0.496 e. The molecule has 1 aliphatic rings. The van der Waals surface area contributed by atoms with Gasteiger partial charge in [-0.1, -0.05) is 18.2 Å². The van der Waals surface area contributed by atoms with E-state index in [-0.39, 0.29) is 24.1 Å². The summed E-state index contributed by atoms with van der Waals surface area (Å²) in [5.74, 6) is 1.73. The van der Waals surface area contributed by atoms with Crippen molar-refractivity contribution in [3.63, 3.8) is 0 Å². The number of nitro groups is 1. The number of nitrogens with zero attached hydrogens (tertiary/aromatic N) is 3. The summed E-state index contributed by atoms with van der Waals surface area (Å²) in [4.78, 5) is 30.1. The Bertz CT molecular complexity index is 1580. The fourth-order valence-electron chi connectivity index (χ4n) is 4.79. The van der Waals surface area contributed by atoms with Crippen LogP contribution in [0, 0.1) is 10.1 Å². The van der Waals surface area contributed by atoms with Gasteiger partial charge in [-0.3, -0.25) is 19.9 Å². The molecule has 0 bridgehead atoms. The molecule has 0 saturated carbocycles. The number of furan rings is 1. The Hall–Kier alpha value is -4.97. The molecule has 0 spiro atoms. The Morgan fingerprint density at radius 1 is 1.10 bits per heavy atom. The highest BCUT2D eigenvalue weighted by molar-refractivity contribution is 7.80. The van der Waals surface area contributed by atoms with Crippen molar-refractivity contribution in [3.05, 3.63) is 101 Å². The van der Waals surface area contributed by atoms with Crippen LogP contribution < -0.4 is 20.1 Å². The average Bonchev–Trinajstić information content (AvgIpc) is 3.60. The normalized spacial score (nSPS) is 16.2. The van der Waals surface area contributed by atoms with Crippen molar-refractivity contribution in [2.24, 2.45) is 0 Å². The lowest BCUT2D eigenvalue weighted by molar-refractivity contribution is -0.384. The van der Waals surface area contributed by atoms with Gasteiger partial charge in [-0.25, -0.2) is 0 Å². The quantitative estimate of drug-likeness (QED) is 0.147. The van der Waals surface area contributed by atoms with E-state index in [9.17, 15) is 14.9 Å². The molecular weight excluding hydrogens is 546 g/mol. The van der Waals surface area contributed by atoms with Gasteiger partial charge in [0.2, 0.25) is 5.91 Å². The van der Waals surface area contributed by atoms with Gasteiger partial charge < -0.3 is 29.4 Å². The number of non-ortho nitro benzene ring substituents is 1. The maximum absolute atomic E-state index is 12.9. The Morgan fingerprint density at radius 2 is 1.88 bits per heavy atom. The smallest absolute Gasteiger partial charge is 0.273 e. The molecule has 0 aliphatic carbocycles. The van der Waals surface area contributed by atoms with Gasteiger partial charge in [0.15, 0.2) is 5.11 Å².